The van der Waals surface area contributed by atoms with E-state index in [4.69, 9.17) is 4.74 Å². The molecule has 0 fully saturated rings. The van der Waals surface area contributed by atoms with Gasteiger partial charge >= 0.3 is 0 Å². The summed E-state index contributed by atoms with van der Waals surface area (Å²) < 4.78 is 33.2. The Morgan fingerprint density at radius 1 is 1.10 bits per heavy atom. The second-order valence-electron chi connectivity index (χ2n) is 6.72. The highest BCUT2D eigenvalue weighted by molar-refractivity contribution is 7.92. The smallest absolute Gasteiger partial charge is 0.264 e. The molecule has 150 valence electrons. The number of carbonyl (C=O) groups excluding carboxylic acids is 1. The molecule has 0 aliphatic carbocycles. The summed E-state index contributed by atoms with van der Waals surface area (Å²) in [5.41, 5.74) is 2.55. The van der Waals surface area contributed by atoms with Gasteiger partial charge in [-0.15, -0.1) is 11.3 Å². The van der Waals surface area contributed by atoms with Crippen molar-refractivity contribution in [1.29, 1.82) is 0 Å². The second-order valence-corrected chi connectivity index (χ2v) is 9.35. The van der Waals surface area contributed by atoms with Crippen LogP contribution in [0.1, 0.15) is 20.8 Å². The van der Waals surface area contributed by atoms with Crippen LogP contribution in [0.15, 0.2) is 64.9 Å². The lowest BCUT2D eigenvalue weighted by Crippen LogP contribution is -2.35. The second kappa shape index (κ2) is 7.88. The van der Waals surface area contributed by atoms with E-state index in [0.29, 0.717) is 29.4 Å². The molecule has 1 amide bonds. The van der Waals surface area contributed by atoms with E-state index in [1.54, 1.807) is 29.2 Å². The Hall–Kier alpha value is -2.84. The molecule has 1 aliphatic rings. The first-order chi connectivity index (χ1) is 14.0. The molecule has 1 aliphatic heterocycles. The van der Waals surface area contributed by atoms with Crippen molar-refractivity contribution in [3.8, 4) is 5.75 Å². The molecule has 6 nitrogen and oxygen atoms in total. The van der Waals surface area contributed by atoms with Crippen LogP contribution in [-0.2, 0) is 23.0 Å². The molecule has 4 rings (SSSR count). The molecule has 0 bridgehead atoms. The van der Waals surface area contributed by atoms with Crippen LogP contribution < -0.4 is 9.46 Å². The molecule has 29 heavy (non-hydrogen) atoms. The van der Waals surface area contributed by atoms with Crippen LogP contribution in [0.5, 0.6) is 5.75 Å². The average molecular weight is 429 g/mol. The molecule has 1 aromatic heterocycles. The maximum absolute atomic E-state index is 12.7. The predicted molar refractivity (Wildman–Crippen MR) is 113 cm³/mol. The van der Waals surface area contributed by atoms with Crippen molar-refractivity contribution in [2.24, 2.45) is 0 Å². The third-order valence-electron chi connectivity index (χ3n) is 4.84. The maximum atomic E-state index is 12.7. The summed E-state index contributed by atoms with van der Waals surface area (Å²) in [6.45, 7) is 1.11. The van der Waals surface area contributed by atoms with E-state index in [9.17, 15) is 13.2 Å². The summed E-state index contributed by atoms with van der Waals surface area (Å²) in [5.74, 6) is 0.481. The largest absolute Gasteiger partial charge is 0.497 e. The highest BCUT2D eigenvalue weighted by atomic mass is 32.2. The van der Waals surface area contributed by atoms with Gasteiger partial charge in [-0.25, -0.2) is 8.42 Å². The van der Waals surface area contributed by atoms with Crippen LogP contribution in [0.2, 0.25) is 0 Å². The lowest BCUT2D eigenvalue weighted by molar-refractivity contribution is 0.0739. The average Bonchev–Trinajstić information content (AvgIpc) is 3.27. The van der Waals surface area contributed by atoms with Gasteiger partial charge in [0.25, 0.3) is 15.9 Å². The van der Waals surface area contributed by atoms with Crippen LogP contribution in [0.4, 0.5) is 5.69 Å². The number of sulfonamides is 1. The van der Waals surface area contributed by atoms with Crippen LogP contribution in [0.25, 0.3) is 0 Å². The van der Waals surface area contributed by atoms with Crippen molar-refractivity contribution in [3.63, 3.8) is 0 Å². The minimum Gasteiger partial charge on any atom is -0.497 e. The van der Waals surface area contributed by atoms with Crippen molar-refractivity contribution in [2.45, 2.75) is 17.9 Å². The molecule has 2 aromatic carbocycles. The van der Waals surface area contributed by atoms with E-state index in [-0.39, 0.29) is 10.8 Å². The van der Waals surface area contributed by atoms with Gasteiger partial charge in [-0.1, -0.05) is 18.2 Å². The third-order valence-corrected chi connectivity index (χ3v) is 7.08. The van der Waals surface area contributed by atoms with Gasteiger partial charge in [0, 0.05) is 24.8 Å². The zero-order valence-corrected chi connectivity index (χ0v) is 17.4. The SMILES string of the molecule is COc1cccc(S(=O)(=O)Nc2ccc3c(c2)CN(C(=O)c2cccs2)CC3)c1. The first kappa shape index (κ1) is 19.5. The van der Waals surface area contributed by atoms with Crippen LogP contribution in [0, 0.1) is 0 Å². The Kier molecular flexibility index (Phi) is 5.29. The summed E-state index contributed by atoms with van der Waals surface area (Å²) >= 11 is 1.42. The van der Waals surface area contributed by atoms with Crippen molar-refractivity contribution < 1.29 is 17.9 Å². The number of hydrogen-bond acceptors (Lipinski definition) is 5. The number of nitrogens with zero attached hydrogens (tertiary/aromatic N) is 1. The Morgan fingerprint density at radius 3 is 2.72 bits per heavy atom. The van der Waals surface area contributed by atoms with Crippen molar-refractivity contribution in [3.05, 3.63) is 76.0 Å². The number of nitrogens with one attached hydrogen (secondary N) is 1. The zero-order valence-electron chi connectivity index (χ0n) is 15.8. The molecule has 0 unspecified atom stereocenters. The quantitative estimate of drug-likeness (QED) is 0.671. The molecule has 0 radical (unpaired) electrons. The summed E-state index contributed by atoms with van der Waals surface area (Å²) in [7, 11) is -2.25. The minimum atomic E-state index is -3.75. The molecular weight excluding hydrogens is 408 g/mol. The number of ether oxygens (including phenoxy) is 1. The number of fused-ring (bicyclic) bond motifs is 1. The summed E-state index contributed by atoms with van der Waals surface area (Å²) in [6, 6.07) is 15.5. The van der Waals surface area contributed by atoms with Gasteiger partial charge < -0.3 is 9.64 Å². The summed E-state index contributed by atoms with van der Waals surface area (Å²) in [5, 5.41) is 1.89. The van der Waals surface area contributed by atoms with Gasteiger partial charge in [0.1, 0.15) is 5.75 Å². The number of anilines is 1. The summed E-state index contributed by atoms with van der Waals surface area (Å²) in [4.78, 5) is 15.3. The zero-order chi connectivity index (χ0) is 20.4. The Bertz CT molecular complexity index is 1140. The molecular formula is C21H20N2O4S2. The fourth-order valence-electron chi connectivity index (χ4n) is 3.33. The molecule has 2 heterocycles. The van der Waals surface area contributed by atoms with E-state index in [2.05, 4.69) is 4.72 Å². The minimum absolute atomic E-state index is 0.00742. The van der Waals surface area contributed by atoms with Crippen molar-refractivity contribution >= 4 is 33.0 Å². The first-order valence-corrected chi connectivity index (χ1v) is 11.4. The third kappa shape index (κ3) is 4.13. The molecule has 8 heteroatoms. The van der Waals surface area contributed by atoms with Crippen molar-refractivity contribution in [1.82, 2.24) is 4.90 Å². The Morgan fingerprint density at radius 2 is 1.97 bits per heavy atom. The highest BCUT2D eigenvalue weighted by Crippen LogP contribution is 2.26. The van der Waals surface area contributed by atoms with Crippen LogP contribution in [-0.4, -0.2) is 32.9 Å². The number of thiophene rings is 1. The standard InChI is InChI=1S/C21H20N2O4S2/c1-27-18-4-2-5-19(13-18)29(25,26)22-17-8-7-15-9-10-23(14-16(15)12-17)21(24)20-6-3-11-28-20/h2-8,11-13,22H,9-10,14H2,1H3. The number of methoxy groups -OCH3 is 1. The van der Waals surface area contributed by atoms with E-state index in [1.807, 2.05) is 23.6 Å². The van der Waals surface area contributed by atoms with Gasteiger partial charge in [0.05, 0.1) is 16.9 Å². The molecule has 0 atom stereocenters. The first-order valence-electron chi connectivity index (χ1n) is 9.08. The number of amides is 1. The number of rotatable bonds is 5. The van der Waals surface area contributed by atoms with Crippen LogP contribution >= 0.6 is 11.3 Å². The van der Waals surface area contributed by atoms with Crippen LogP contribution in [0.3, 0.4) is 0 Å². The molecule has 0 spiro atoms. The highest BCUT2D eigenvalue weighted by Gasteiger charge is 2.23. The van der Waals surface area contributed by atoms with Gasteiger partial charge in [-0.2, -0.15) is 0 Å². The normalized spacial score (nSPS) is 13.6. The van der Waals surface area contributed by atoms with E-state index < -0.39 is 10.0 Å². The van der Waals surface area contributed by atoms with E-state index >= 15 is 0 Å². The fourth-order valence-corrected chi connectivity index (χ4v) is 5.11. The maximum Gasteiger partial charge on any atom is 0.264 e. The molecule has 1 N–H and O–H groups in total. The van der Waals surface area contributed by atoms with E-state index in [1.165, 1.54) is 30.6 Å². The number of carbonyl (C=O) groups is 1. The molecule has 0 saturated carbocycles. The van der Waals surface area contributed by atoms with Gasteiger partial charge in [0.15, 0.2) is 0 Å². The monoisotopic (exact) mass is 428 g/mol. The predicted octanol–water partition coefficient (Wildman–Crippen LogP) is 3.76. The fraction of sp³-hybridized carbons (Fsp3) is 0.190. The number of benzene rings is 2. The lowest BCUT2D eigenvalue weighted by atomic mass is 9.99. The van der Waals surface area contributed by atoms with E-state index in [0.717, 1.165) is 17.5 Å². The Balaban J connectivity index is 1.55. The topological polar surface area (TPSA) is 75.7 Å². The molecule has 3 aromatic rings. The number of hydrogen-bond donors (Lipinski definition) is 1. The summed E-state index contributed by atoms with van der Waals surface area (Å²) in [6.07, 6.45) is 0.745. The van der Waals surface area contributed by atoms with Gasteiger partial charge in [-0.05, 0) is 53.3 Å². The Labute approximate surface area is 173 Å². The molecule has 0 saturated heterocycles. The lowest BCUT2D eigenvalue weighted by Gasteiger charge is -2.29. The van der Waals surface area contributed by atoms with Gasteiger partial charge in [-0.3, -0.25) is 9.52 Å². The van der Waals surface area contributed by atoms with Crippen molar-refractivity contribution in [2.75, 3.05) is 18.4 Å². The van der Waals surface area contributed by atoms with Gasteiger partial charge in [0.2, 0.25) is 0 Å².